The van der Waals surface area contributed by atoms with Crippen molar-refractivity contribution in [2.45, 2.75) is 38.6 Å². The number of dihydropyridines is 1. The number of nitrogens with zero attached hydrogens (tertiary/aromatic N) is 2. The second kappa shape index (κ2) is 5.92. The number of aliphatic imine (C=N–C) groups is 1. The predicted molar refractivity (Wildman–Crippen MR) is 85.8 cm³/mol. The third-order valence-corrected chi connectivity index (χ3v) is 4.70. The predicted octanol–water partition coefficient (Wildman–Crippen LogP) is 3.22. The van der Waals surface area contributed by atoms with Gasteiger partial charge in [-0.1, -0.05) is 31.2 Å². The summed E-state index contributed by atoms with van der Waals surface area (Å²) in [5.74, 6) is 0.441. The maximum Gasteiger partial charge on any atom is 0.0574 e. The molecular formula is C18H24N2. The Kier molecular flexibility index (Phi) is 4.02. The van der Waals surface area contributed by atoms with Crippen molar-refractivity contribution in [1.29, 1.82) is 0 Å². The van der Waals surface area contributed by atoms with Gasteiger partial charge in [-0.05, 0) is 49.1 Å². The molecule has 2 heteroatoms. The average Bonchev–Trinajstić information content (AvgIpc) is 2.69. The van der Waals surface area contributed by atoms with E-state index < -0.39 is 0 Å². The molecule has 1 aromatic rings. The zero-order valence-corrected chi connectivity index (χ0v) is 12.5. The van der Waals surface area contributed by atoms with E-state index in [2.05, 4.69) is 54.1 Å². The number of rotatable bonds is 2. The van der Waals surface area contributed by atoms with Gasteiger partial charge in [0.15, 0.2) is 0 Å². The maximum absolute atomic E-state index is 4.52. The van der Waals surface area contributed by atoms with Crippen molar-refractivity contribution >= 4 is 6.21 Å². The number of hydrogen-bond donors (Lipinski definition) is 0. The Labute approximate surface area is 122 Å². The minimum atomic E-state index is 0.357. The molecule has 2 atom stereocenters. The van der Waals surface area contributed by atoms with Crippen LogP contribution >= 0.6 is 0 Å². The smallest absolute Gasteiger partial charge is 0.0574 e. The first-order valence-electron chi connectivity index (χ1n) is 7.82. The summed E-state index contributed by atoms with van der Waals surface area (Å²) >= 11 is 0. The third-order valence-electron chi connectivity index (χ3n) is 4.70. The molecule has 3 rings (SSSR count). The van der Waals surface area contributed by atoms with Crippen LogP contribution in [0.3, 0.4) is 0 Å². The fraction of sp³-hybridized carbons (Fsp3) is 0.500. The number of likely N-dealkylation sites (N-methyl/N-ethyl adjacent to an activating group) is 1. The lowest BCUT2D eigenvalue weighted by Crippen LogP contribution is -2.25. The van der Waals surface area contributed by atoms with Gasteiger partial charge in [0.25, 0.3) is 0 Å². The minimum absolute atomic E-state index is 0.357. The van der Waals surface area contributed by atoms with Crippen LogP contribution in [-0.4, -0.2) is 36.8 Å². The highest BCUT2D eigenvalue weighted by Crippen LogP contribution is 2.28. The zero-order chi connectivity index (χ0) is 13.9. The first kappa shape index (κ1) is 13.6. The fourth-order valence-electron chi connectivity index (χ4n) is 3.31. The molecule has 0 aromatic heterocycles. The van der Waals surface area contributed by atoms with Crippen LogP contribution in [0.15, 0.2) is 35.3 Å². The lowest BCUT2D eigenvalue weighted by atomic mass is 9.88. The van der Waals surface area contributed by atoms with Crippen molar-refractivity contribution in [2.75, 3.05) is 19.6 Å². The molecular weight excluding hydrogens is 244 g/mol. The molecule has 0 saturated carbocycles. The summed E-state index contributed by atoms with van der Waals surface area (Å²) in [6, 6.07) is 7.45. The van der Waals surface area contributed by atoms with Crippen LogP contribution in [0.4, 0.5) is 0 Å². The first-order chi connectivity index (χ1) is 9.78. The molecule has 1 aromatic carbocycles. The number of benzene rings is 1. The molecule has 2 aliphatic rings. The van der Waals surface area contributed by atoms with E-state index in [9.17, 15) is 0 Å². The van der Waals surface area contributed by atoms with Crippen molar-refractivity contribution in [3.8, 4) is 0 Å². The van der Waals surface area contributed by atoms with Crippen LogP contribution in [-0.2, 0) is 12.8 Å². The van der Waals surface area contributed by atoms with Gasteiger partial charge < -0.3 is 4.90 Å². The van der Waals surface area contributed by atoms with Crippen LogP contribution in [0.25, 0.3) is 0 Å². The van der Waals surface area contributed by atoms with Crippen molar-refractivity contribution in [3.05, 3.63) is 47.0 Å². The van der Waals surface area contributed by atoms with Gasteiger partial charge >= 0.3 is 0 Å². The molecule has 0 amide bonds. The summed E-state index contributed by atoms with van der Waals surface area (Å²) in [5.41, 5.74) is 4.52. The molecule has 2 nitrogen and oxygen atoms in total. The number of hydrogen-bond acceptors (Lipinski definition) is 2. The molecule has 0 fully saturated rings. The molecule has 0 aliphatic carbocycles. The molecule has 0 saturated heterocycles. The summed E-state index contributed by atoms with van der Waals surface area (Å²) in [4.78, 5) is 7.07. The van der Waals surface area contributed by atoms with Crippen molar-refractivity contribution in [2.24, 2.45) is 4.99 Å². The fourth-order valence-corrected chi connectivity index (χ4v) is 3.31. The van der Waals surface area contributed by atoms with E-state index in [4.69, 9.17) is 0 Å². The second-order valence-corrected chi connectivity index (χ2v) is 5.91. The Bertz CT molecular complexity index is 530. The first-order valence-corrected chi connectivity index (χ1v) is 7.82. The highest BCUT2D eigenvalue weighted by atomic mass is 15.1. The summed E-state index contributed by atoms with van der Waals surface area (Å²) in [7, 11) is 0. The molecule has 2 heterocycles. The van der Waals surface area contributed by atoms with E-state index >= 15 is 0 Å². The SMILES string of the molecule is CCN1CCc2ccc(C3C=CC=NC3C)cc2CC1. The minimum Gasteiger partial charge on any atom is -0.303 e. The van der Waals surface area contributed by atoms with Gasteiger partial charge in [0.05, 0.1) is 6.04 Å². The van der Waals surface area contributed by atoms with Gasteiger partial charge in [-0.15, -0.1) is 0 Å². The zero-order valence-electron chi connectivity index (χ0n) is 12.5. The van der Waals surface area contributed by atoms with Crippen LogP contribution < -0.4 is 0 Å². The average molecular weight is 268 g/mol. The van der Waals surface area contributed by atoms with Crippen molar-refractivity contribution in [1.82, 2.24) is 4.90 Å². The van der Waals surface area contributed by atoms with Gasteiger partial charge in [-0.25, -0.2) is 0 Å². The highest BCUT2D eigenvalue weighted by Gasteiger charge is 2.19. The summed E-state index contributed by atoms with van der Waals surface area (Å²) in [6.45, 7) is 8.02. The maximum atomic E-state index is 4.52. The molecule has 0 radical (unpaired) electrons. The Morgan fingerprint density at radius 2 is 2.00 bits per heavy atom. The van der Waals surface area contributed by atoms with Gasteiger partial charge in [-0.2, -0.15) is 0 Å². The Balaban J connectivity index is 1.85. The second-order valence-electron chi connectivity index (χ2n) is 5.91. The van der Waals surface area contributed by atoms with E-state index in [1.165, 1.54) is 31.5 Å². The number of fused-ring (bicyclic) bond motifs is 1. The third kappa shape index (κ3) is 2.71. The largest absolute Gasteiger partial charge is 0.303 e. The summed E-state index contributed by atoms with van der Waals surface area (Å²) in [6.07, 6.45) is 8.66. The molecule has 106 valence electrons. The van der Waals surface area contributed by atoms with Gasteiger partial charge in [0, 0.05) is 25.2 Å². The van der Waals surface area contributed by atoms with E-state index in [-0.39, 0.29) is 0 Å². The lowest BCUT2D eigenvalue weighted by Gasteiger charge is -2.21. The molecule has 20 heavy (non-hydrogen) atoms. The van der Waals surface area contributed by atoms with Gasteiger partial charge in [0.1, 0.15) is 0 Å². The number of allylic oxidation sites excluding steroid dienone is 1. The lowest BCUT2D eigenvalue weighted by molar-refractivity contribution is 0.303. The van der Waals surface area contributed by atoms with Crippen LogP contribution in [0.5, 0.6) is 0 Å². The molecule has 0 bridgehead atoms. The van der Waals surface area contributed by atoms with Gasteiger partial charge in [-0.3, -0.25) is 4.99 Å². The van der Waals surface area contributed by atoms with Gasteiger partial charge in [0.2, 0.25) is 0 Å². The summed E-state index contributed by atoms with van der Waals surface area (Å²) in [5, 5.41) is 0. The quantitative estimate of drug-likeness (QED) is 0.804. The monoisotopic (exact) mass is 268 g/mol. The van der Waals surface area contributed by atoms with Crippen molar-refractivity contribution in [3.63, 3.8) is 0 Å². The van der Waals surface area contributed by atoms with Crippen molar-refractivity contribution < 1.29 is 0 Å². The Morgan fingerprint density at radius 1 is 1.20 bits per heavy atom. The molecule has 0 N–H and O–H groups in total. The summed E-state index contributed by atoms with van der Waals surface area (Å²) < 4.78 is 0. The standard InChI is InChI=1S/C18H24N2/c1-3-20-11-8-15-6-7-17(13-16(15)9-12-20)18-5-4-10-19-14(18)2/h4-7,10,13-14,18H,3,8-9,11-12H2,1-2H3. The molecule has 0 spiro atoms. The van der Waals surface area contributed by atoms with E-state index in [1.807, 2.05) is 6.21 Å². The van der Waals surface area contributed by atoms with Crippen LogP contribution in [0, 0.1) is 0 Å². The molecule has 2 unspecified atom stereocenters. The van der Waals surface area contributed by atoms with Crippen LogP contribution in [0.2, 0.25) is 0 Å². The van der Waals surface area contributed by atoms with Crippen LogP contribution in [0.1, 0.15) is 36.5 Å². The molecule has 2 aliphatic heterocycles. The van der Waals surface area contributed by atoms with E-state index in [0.717, 1.165) is 6.54 Å². The Hall–Kier alpha value is -1.41. The van der Waals surface area contributed by atoms with E-state index in [0.29, 0.717) is 12.0 Å². The normalized spacial score (nSPS) is 26.3. The topological polar surface area (TPSA) is 15.6 Å². The Morgan fingerprint density at radius 3 is 2.75 bits per heavy atom. The van der Waals surface area contributed by atoms with E-state index in [1.54, 1.807) is 11.1 Å². The highest BCUT2D eigenvalue weighted by molar-refractivity contribution is 5.73.